The fraction of sp³-hybridized carbons (Fsp3) is 0.118. The summed E-state index contributed by atoms with van der Waals surface area (Å²) in [6.45, 7) is 1.67. The maximum absolute atomic E-state index is 10.9. The fourth-order valence-electron chi connectivity index (χ4n) is 2.33. The van der Waals surface area contributed by atoms with Gasteiger partial charge in [-0.3, -0.25) is 10.1 Å². The number of ether oxygens (including phenoxy) is 1. The van der Waals surface area contributed by atoms with Crippen molar-refractivity contribution in [1.82, 2.24) is 14.8 Å². The first-order valence-electron chi connectivity index (χ1n) is 7.36. The summed E-state index contributed by atoms with van der Waals surface area (Å²) in [4.78, 5) is 14.7. The molecule has 8 heteroatoms. The first kappa shape index (κ1) is 16.1. The van der Waals surface area contributed by atoms with Gasteiger partial charge in [0.1, 0.15) is 18.1 Å². The Bertz CT molecular complexity index is 957. The van der Waals surface area contributed by atoms with Gasteiger partial charge in [-0.1, -0.05) is 0 Å². The Morgan fingerprint density at radius 2 is 2.04 bits per heavy atom. The van der Waals surface area contributed by atoms with E-state index < -0.39 is 4.92 Å². The van der Waals surface area contributed by atoms with Crippen LogP contribution in [0, 0.1) is 28.4 Å². The Labute approximate surface area is 143 Å². The molecular formula is C17H13N5O3. The normalized spacial score (nSPS) is 10.2. The first-order valence-corrected chi connectivity index (χ1v) is 7.36. The van der Waals surface area contributed by atoms with Crippen LogP contribution in [-0.2, 0) is 0 Å². The van der Waals surface area contributed by atoms with Crippen LogP contribution in [0.4, 0.5) is 5.69 Å². The molecule has 0 aliphatic rings. The molecule has 0 unspecified atom stereocenters. The van der Waals surface area contributed by atoms with Gasteiger partial charge < -0.3 is 4.74 Å². The summed E-state index contributed by atoms with van der Waals surface area (Å²) in [6, 6.07) is 13.8. The van der Waals surface area contributed by atoms with Gasteiger partial charge in [-0.25, -0.2) is 9.67 Å². The number of nitro groups is 1. The summed E-state index contributed by atoms with van der Waals surface area (Å²) >= 11 is 0. The molecule has 0 fully saturated rings. The standard InChI is InChI=1S/C17H13N5O3/c1-12-10-13(2-7-16(12)22(23)24)17-19-11-21(20-17)14-3-5-15(6-4-14)25-9-8-18/h2-7,10-11H,9H2,1H3. The SMILES string of the molecule is Cc1cc(-c2ncn(-c3ccc(OCC#N)cc3)n2)ccc1[N+](=O)[O-]. The molecule has 3 rings (SSSR count). The molecule has 0 bridgehead atoms. The van der Waals surface area contributed by atoms with E-state index in [-0.39, 0.29) is 12.3 Å². The maximum atomic E-state index is 10.9. The molecule has 0 saturated carbocycles. The van der Waals surface area contributed by atoms with Crippen LogP contribution in [-0.4, -0.2) is 26.3 Å². The highest BCUT2D eigenvalue weighted by atomic mass is 16.6. The quantitative estimate of drug-likeness (QED) is 0.524. The van der Waals surface area contributed by atoms with Crippen molar-refractivity contribution in [3.05, 3.63) is 64.5 Å². The van der Waals surface area contributed by atoms with Crippen LogP contribution >= 0.6 is 0 Å². The third-order valence-electron chi connectivity index (χ3n) is 3.55. The zero-order chi connectivity index (χ0) is 17.8. The minimum atomic E-state index is -0.416. The minimum absolute atomic E-state index is 0.00762. The zero-order valence-electron chi connectivity index (χ0n) is 13.3. The molecule has 0 radical (unpaired) electrons. The second kappa shape index (κ2) is 6.80. The third-order valence-corrected chi connectivity index (χ3v) is 3.55. The lowest BCUT2D eigenvalue weighted by Gasteiger charge is -2.03. The molecule has 1 aromatic heterocycles. The second-order valence-corrected chi connectivity index (χ2v) is 5.21. The molecule has 1 heterocycles. The number of nitriles is 1. The molecule has 2 aromatic carbocycles. The zero-order valence-corrected chi connectivity index (χ0v) is 13.3. The van der Waals surface area contributed by atoms with Gasteiger partial charge in [0.15, 0.2) is 12.4 Å². The highest BCUT2D eigenvalue weighted by molar-refractivity contribution is 5.60. The highest BCUT2D eigenvalue weighted by Gasteiger charge is 2.13. The van der Waals surface area contributed by atoms with E-state index in [4.69, 9.17) is 10.00 Å². The van der Waals surface area contributed by atoms with E-state index in [1.807, 2.05) is 6.07 Å². The average molecular weight is 335 g/mol. The molecule has 124 valence electrons. The molecule has 0 saturated heterocycles. The van der Waals surface area contributed by atoms with Gasteiger partial charge in [0.05, 0.1) is 10.6 Å². The van der Waals surface area contributed by atoms with Gasteiger partial charge in [-0.05, 0) is 43.3 Å². The molecular weight excluding hydrogens is 322 g/mol. The molecule has 0 amide bonds. The summed E-state index contributed by atoms with van der Waals surface area (Å²) < 4.78 is 6.80. The van der Waals surface area contributed by atoms with E-state index in [1.165, 1.54) is 6.07 Å². The topological polar surface area (TPSA) is 107 Å². The third kappa shape index (κ3) is 3.45. The Kier molecular flexibility index (Phi) is 4.39. The van der Waals surface area contributed by atoms with Gasteiger partial charge in [0.2, 0.25) is 0 Å². The van der Waals surface area contributed by atoms with E-state index in [9.17, 15) is 10.1 Å². The highest BCUT2D eigenvalue weighted by Crippen LogP contribution is 2.24. The van der Waals surface area contributed by atoms with Gasteiger partial charge in [-0.15, -0.1) is 5.10 Å². The van der Waals surface area contributed by atoms with Gasteiger partial charge in [0.25, 0.3) is 5.69 Å². The molecule has 0 N–H and O–H groups in total. The summed E-state index contributed by atoms with van der Waals surface area (Å²) in [5.41, 5.74) is 2.10. The van der Waals surface area contributed by atoms with E-state index in [2.05, 4.69) is 10.1 Å². The molecule has 8 nitrogen and oxygen atoms in total. The summed E-state index contributed by atoms with van der Waals surface area (Å²) in [6.07, 6.45) is 1.57. The fourth-order valence-corrected chi connectivity index (χ4v) is 2.33. The molecule has 0 atom stereocenters. The van der Waals surface area contributed by atoms with Crippen molar-refractivity contribution in [3.8, 4) is 28.9 Å². The van der Waals surface area contributed by atoms with Gasteiger partial charge in [-0.2, -0.15) is 5.26 Å². The number of hydrogen-bond donors (Lipinski definition) is 0. The van der Waals surface area contributed by atoms with E-state index in [0.29, 0.717) is 22.7 Å². The van der Waals surface area contributed by atoms with Crippen molar-refractivity contribution in [1.29, 1.82) is 5.26 Å². The van der Waals surface area contributed by atoms with Crippen molar-refractivity contribution in [3.63, 3.8) is 0 Å². The Morgan fingerprint density at radius 3 is 2.68 bits per heavy atom. The number of aromatic nitrogens is 3. The Balaban J connectivity index is 1.84. The summed E-state index contributed by atoms with van der Waals surface area (Å²) in [5, 5.41) is 23.8. The monoisotopic (exact) mass is 335 g/mol. The average Bonchev–Trinajstić information content (AvgIpc) is 3.10. The lowest BCUT2D eigenvalue weighted by atomic mass is 10.1. The van der Waals surface area contributed by atoms with Crippen molar-refractivity contribution in [2.24, 2.45) is 0 Å². The second-order valence-electron chi connectivity index (χ2n) is 5.21. The molecule has 25 heavy (non-hydrogen) atoms. The van der Waals surface area contributed by atoms with Crippen molar-refractivity contribution in [2.45, 2.75) is 6.92 Å². The Hall–Kier alpha value is -3.73. The van der Waals surface area contributed by atoms with Crippen molar-refractivity contribution < 1.29 is 9.66 Å². The largest absolute Gasteiger partial charge is 0.479 e. The lowest BCUT2D eigenvalue weighted by Crippen LogP contribution is -1.97. The van der Waals surface area contributed by atoms with Crippen LogP contribution in [0.25, 0.3) is 17.1 Å². The van der Waals surface area contributed by atoms with Crippen LogP contribution < -0.4 is 4.74 Å². The summed E-state index contributed by atoms with van der Waals surface area (Å²) in [5.74, 6) is 1.07. The van der Waals surface area contributed by atoms with Gasteiger partial charge in [0, 0.05) is 17.2 Å². The van der Waals surface area contributed by atoms with E-state index in [0.717, 1.165) is 5.69 Å². The van der Waals surface area contributed by atoms with Crippen LogP contribution in [0.5, 0.6) is 5.75 Å². The minimum Gasteiger partial charge on any atom is -0.479 e. The lowest BCUT2D eigenvalue weighted by molar-refractivity contribution is -0.385. The van der Waals surface area contributed by atoms with Gasteiger partial charge >= 0.3 is 0 Å². The Morgan fingerprint density at radius 1 is 1.28 bits per heavy atom. The molecule has 3 aromatic rings. The predicted molar refractivity (Wildman–Crippen MR) is 89.3 cm³/mol. The van der Waals surface area contributed by atoms with Crippen LogP contribution in [0.15, 0.2) is 48.8 Å². The molecule has 0 spiro atoms. The maximum Gasteiger partial charge on any atom is 0.272 e. The van der Waals surface area contributed by atoms with Crippen LogP contribution in [0.3, 0.4) is 0 Å². The number of rotatable bonds is 5. The van der Waals surface area contributed by atoms with Crippen LogP contribution in [0.2, 0.25) is 0 Å². The molecule has 0 aliphatic heterocycles. The summed E-state index contributed by atoms with van der Waals surface area (Å²) in [7, 11) is 0. The van der Waals surface area contributed by atoms with Crippen molar-refractivity contribution in [2.75, 3.05) is 6.61 Å². The van der Waals surface area contributed by atoms with Crippen molar-refractivity contribution >= 4 is 5.69 Å². The number of nitro benzene ring substituents is 1. The van der Waals surface area contributed by atoms with E-state index >= 15 is 0 Å². The number of hydrogen-bond acceptors (Lipinski definition) is 6. The number of nitrogens with zero attached hydrogens (tertiary/aromatic N) is 5. The van der Waals surface area contributed by atoms with E-state index in [1.54, 1.807) is 54.3 Å². The number of benzene rings is 2. The smallest absolute Gasteiger partial charge is 0.272 e. The predicted octanol–water partition coefficient (Wildman–Crippen LogP) is 3.05. The van der Waals surface area contributed by atoms with Crippen LogP contribution in [0.1, 0.15) is 5.56 Å². The number of aryl methyl sites for hydroxylation is 1. The first-order chi connectivity index (χ1) is 12.1. The molecule has 0 aliphatic carbocycles.